The van der Waals surface area contributed by atoms with Gasteiger partial charge in [-0.25, -0.2) is 0 Å². The monoisotopic (exact) mass is 203 g/mol. The van der Waals surface area contributed by atoms with Crippen molar-refractivity contribution >= 4 is 11.8 Å². The van der Waals surface area contributed by atoms with Gasteiger partial charge in [-0.05, 0) is 19.3 Å². The summed E-state index contributed by atoms with van der Waals surface area (Å²) in [5, 5.41) is 11.7. The first kappa shape index (κ1) is 12.7. The first-order valence-corrected chi connectivity index (χ1v) is 4.26. The zero-order valence-corrected chi connectivity index (χ0v) is 7.89. The van der Waals surface area contributed by atoms with Crippen LogP contribution in [0.25, 0.3) is 0 Å². The summed E-state index contributed by atoms with van der Waals surface area (Å²) in [5.41, 5.74) is 16.2. The molecule has 0 heterocycles. The van der Waals surface area contributed by atoms with Crippen LogP contribution in [0.5, 0.6) is 0 Å². The van der Waals surface area contributed by atoms with Gasteiger partial charge in [-0.2, -0.15) is 5.10 Å². The molecule has 0 aliphatic heterocycles. The van der Waals surface area contributed by atoms with Crippen LogP contribution in [0, 0.1) is 0 Å². The van der Waals surface area contributed by atoms with Crippen LogP contribution in [0.4, 0.5) is 0 Å². The van der Waals surface area contributed by atoms with E-state index in [1.165, 1.54) is 0 Å². The second-order valence-electron chi connectivity index (χ2n) is 3.04. The molecule has 0 aliphatic carbocycles. The van der Waals surface area contributed by atoms with Crippen molar-refractivity contribution < 1.29 is 9.90 Å². The Balaban J connectivity index is 3.69. The maximum absolute atomic E-state index is 10.3. The molecular weight excluding hydrogens is 186 g/mol. The van der Waals surface area contributed by atoms with Gasteiger partial charge in [0, 0.05) is 0 Å². The molecule has 0 spiro atoms. The number of carboxylic acids is 1. The maximum Gasteiger partial charge on any atom is 0.320 e. The fourth-order valence-corrected chi connectivity index (χ4v) is 0.925. The standard InChI is InChI=1S/C7H17N5O2/c8-4(6(10)12-11)2-1-3-5(9)7(13)14/h4-5H,1-3,8-9,11H2,(H2,10,12)(H,13,14)/t4?,5-/m0/s1. The number of carbonyl (C=O) groups is 1. The molecule has 7 nitrogen and oxygen atoms in total. The Morgan fingerprint density at radius 2 is 1.79 bits per heavy atom. The summed E-state index contributed by atoms with van der Waals surface area (Å²) in [4.78, 5) is 10.3. The van der Waals surface area contributed by atoms with E-state index in [-0.39, 0.29) is 5.84 Å². The Morgan fingerprint density at radius 3 is 2.21 bits per heavy atom. The number of amidine groups is 1. The van der Waals surface area contributed by atoms with Crippen LogP contribution in [0.3, 0.4) is 0 Å². The minimum absolute atomic E-state index is 0.161. The van der Waals surface area contributed by atoms with Gasteiger partial charge < -0.3 is 28.2 Å². The van der Waals surface area contributed by atoms with E-state index >= 15 is 0 Å². The normalized spacial score (nSPS) is 16.3. The first-order chi connectivity index (χ1) is 6.49. The summed E-state index contributed by atoms with van der Waals surface area (Å²) in [7, 11) is 0. The number of hydrogen-bond acceptors (Lipinski definition) is 5. The van der Waals surface area contributed by atoms with E-state index in [1.807, 2.05) is 0 Å². The SMILES string of the molecule is NN=C(N)C(N)CCC[C@H](N)C(=O)O. The average molecular weight is 203 g/mol. The lowest BCUT2D eigenvalue weighted by molar-refractivity contribution is -0.138. The van der Waals surface area contributed by atoms with Crippen molar-refractivity contribution in [1.29, 1.82) is 0 Å². The summed E-state index contributed by atoms with van der Waals surface area (Å²) >= 11 is 0. The van der Waals surface area contributed by atoms with E-state index in [1.54, 1.807) is 0 Å². The average Bonchev–Trinajstić information content (AvgIpc) is 2.15. The molecule has 0 aromatic heterocycles. The molecule has 7 heteroatoms. The molecule has 14 heavy (non-hydrogen) atoms. The quantitative estimate of drug-likeness (QED) is 0.147. The molecule has 0 aromatic carbocycles. The fourth-order valence-electron chi connectivity index (χ4n) is 0.925. The molecule has 0 aromatic rings. The number of aliphatic carboxylic acids is 1. The Morgan fingerprint density at radius 1 is 1.29 bits per heavy atom. The van der Waals surface area contributed by atoms with Crippen molar-refractivity contribution in [3.8, 4) is 0 Å². The lowest BCUT2D eigenvalue weighted by Crippen LogP contribution is -2.38. The summed E-state index contributed by atoms with van der Waals surface area (Å²) in [5.74, 6) is 4.06. The van der Waals surface area contributed by atoms with Gasteiger partial charge in [-0.1, -0.05) is 0 Å². The van der Waals surface area contributed by atoms with Gasteiger partial charge >= 0.3 is 5.97 Å². The van der Waals surface area contributed by atoms with Crippen LogP contribution in [0.15, 0.2) is 5.10 Å². The minimum atomic E-state index is -1.01. The first-order valence-electron chi connectivity index (χ1n) is 4.26. The number of carboxylic acid groups (broad SMARTS) is 1. The van der Waals surface area contributed by atoms with Gasteiger partial charge in [-0.15, -0.1) is 0 Å². The van der Waals surface area contributed by atoms with E-state index < -0.39 is 18.1 Å². The van der Waals surface area contributed by atoms with Crippen LogP contribution in [0.2, 0.25) is 0 Å². The van der Waals surface area contributed by atoms with Gasteiger partial charge in [0.15, 0.2) is 0 Å². The third-order valence-electron chi connectivity index (χ3n) is 1.88. The van der Waals surface area contributed by atoms with Gasteiger partial charge in [0.25, 0.3) is 0 Å². The van der Waals surface area contributed by atoms with E-state index in [2.05, 4.69) is 5.10 Å². The van der Waals surface area contributed by atoms with Crippen LogP contribution >= 0.6 is 0 Å². The van der Waals surface area contributed by atoms with Crippen molar-refractivity contribution in [3.63, 3.8) is 0 Å². The van der Waals surface area contributed by atoms with Crippen LogP contribution in [0.1, 0.15) is 19.3 Å². The molecule has 0 saturated carbocycles. The summed E-state index contributed by atoms with van der Waals surface area (Å²) in [6.45, 7) is 0. The highest BCUT2D eigenvalue weighted by Crippen LogP contribution is 2.01. The molecule has 0 saturated heterocycles. The van der Waals surface area contributed by atoms with E-state index in [0.717, 1.165) is 0 Å². The van der Waals surface area contributed by atoms with Crippen molar-refractivity contribution in [2.75, 3.05) is 0 Å². The predicted octanol–water partition coefficient (Wildman–Crippen LogP) is -1.87. The maximum atomic E-state index is 10.3. The van der Waals surface area contributed by atoms with E-state index in [9.17, 15) is 4.79 Å². The summed E-state index contributed by atoms with van der Waals surface area (Å²) < 4.78 is 0. The number of hydrazone groups is 1. The van der Waals surface area contributed by atoms with E-state index in [0.29, 0.717) is 19.3 Å². The van der Waals surface area contributed by atoms with E-state index in [4.69, 9.17) is 28.2 Å². The van der Waals surface area contributed by atoms with Gasteiger partial charge in [0.2, 0.25) is 0 Å². The third-order valence-corrected chi connectivity index (χ3v) is 1.88. The highest BCUT2D eigenvalue weighted by atomic mass is 16.4. The molecule has 0 fully saturated rings. The lowest BCUT2D eigenvalue weighted by atomic mass is 10.1. The highest BCUT2D eigenvalue weighted by Gasteiger charge is 2.12. The number of hydrogen-bond donors (Lipinski definition) is 5. The third kappa shape index (κ3) is 4.63. The zero-order valence-electron chi connectivity index (χ0n) is 7.89. The molecule has 9 N–H and O–H groups in total. The zero-order chi connectivity index (χ0) is 11.1. The van der Waals surface area contributed by atoms with Gasteiger partial charge in [0.1, 0.15) is 11.9 Å². The predicted molar refractivity (Wildman–Crippen MR) is 53.2 cm³/mol. The largest absolute Gasteiger partial charge is 0.480 e. The van der Waals surface area contributed by atoms with Crippen molar-refractivity contribution in [2.24, 2.45) is 28.1 Å². The van der Waals surface area contributed by atoms with Crippen molar-refractivity contribution in [1.82, 2.24) is 0 Å². The highest BCUT2D eigenvalue weighted by molar-refractivity contribution is 5.85. The molecule has 0 bridgehead atoms. The van der Waals surface area contributed by atoms with Crippen LogP contribution in [-0.4, -0.2) is 29.0 Å². The number of rotatable bonds is 6. The molecule has 0 amide bonds. The molecule has 1 unspecified atom stereocenters. The molecule has 0 radical (unpaired) electrons. The van der Waals surface area contributed by atoms with Gasteiger partial charge in [0.05, 0.1) is 6.04 Å². The van der Waals surface area contributed by atoms with Crippen molar-refractivity contribution in [2.45, 2.75) is 31.3 Å². The molecular formula is C7H17N5O2. The second-order valence-corrected chi connectivity index (χ2v) is 3.04. The Bertz CT molecular complexity index is 218. The summed E-state index contributed by atoms with van der Waals surface area (Å²) in [6.07, 6.45) is 1.46. The number of nitrogens with zero attached hydrogens (tertiary/aromatic N) is 1. The molecule has 82 valence electrons. The van der Waals surface area contributed by atoms with Crippen LogP contribution < -0.4 is 23.0 Å². The van der Waals surface area contributed by atoms with Crippen LogP contribution in [-0.2, 0) is 4.79 Å². The topological polar surface area (TPSA) is 154 Å². The minimum Gasteiger partial charge on any atom is -0.480 e. The number of nitrogens with two attached hydrogens (primary N) is 4. The molecule has 0 rings (SSSR count). The summed E-state index contributed by atoms with van der Waals surface area (Å²) in [6, 6.07) is -1.28. The molecule has 2 atom stereocenters. The molecule has 0 aliphatic rings. The van der Waals surface area contributed by atoms with Gasteiger partial charge in [-0.3, -0.25) is 4.79 Å². The smallest absolute Gasteiger partial charge is 0.320 e. The lowest BCUT2D eigenvalue weighted by Gasteiger charge is -2.10. The Hall–Kier alpha value is -1.34. The Kier molecular flexibility index (Phi) is 5.58. The fraction of sp³-hybridized carbons (Fsp3) is 0.714. The van der Waals surface area contributed by atoms with Crippen molar-refractivity contribution in [3.05, 3.63) is 0 Å². The second kappa shape index (κ2) is 6.17. The Labute approximate surface area is 82.1 Å².